The van der Waals surface area contributed by atoms with E-state index in [9.17, 15) is 4.79 Å². The predicted octanol–water partition coefficient (Wildman–Crippen LogP) is 1.46. The van der Waals surface area contributed by atoms with Crippen LogP contribution in [0.3, 0.4) is 0 Å². The van der Waals surface area contributed by atoms with Crippen LogP contribution in [0.1, 0.15) is 18.4 Å². The molecule has 0 saturated heterocycles. The van der Waals surface area contributed by atoms with E-state index in [4.69, 9.17) is 9.84 Å². The average Bonchev–Trinajstić information content (AvgIpc) is 3.03. The quantitative estimate of drug-likeness (QED) is 0.794. The average molecular weight is 207 g/mol. The number of carboxylic acids is 1. The van der Waals surface area contributed by atoms with E-state index in [1.165, 1.54) is 0 Å². The third-order valence-electron chi connectivity index (χ3n) is 2.45. The summed E-state index contributed by atoms with van der Waals surface area (Å²) >= 11 is 0. The van der Waals surface area contributed by atoms with Gasteiger partial charge in [0.15, 0.2) is 6.10 Å². The minimum Gasteiger partial charge on any atom is -0.479 e. The number of carboxylic acid groups (broad SMARTS) is 1. The monoisotopic (exact) mass is 207 g/mol. The largest absolute Gasteiger partial charge is 0.479 e. The maximum Gasteiger partial charge on any atom is 0.333 e. The molecule has 80 valence electrons. The smallest absolute Gasteiger partial charge is 0.333 e. The summed E-state index contributed by atoms with van der Waals surface area (Å²) < 4.78 is 5.37. The first-order chi connectivity index (χ1) is 7.27. The molecule has 1 aromatic heterocycles. The summed E-state index contributed by atoms with van der Waals surface area (Å²) in [5.74, 6) is -0.652. The number of carbonyl (C=O) groups is 1. The van der Waals surface area contributed by atoms with Gasteiger partial charge in [-0.15, -0.1) is 0 Å². The van der Waals surface area contributed by atoms with Crippen molar-refractivity contribution >= 4 is 5.97 Å². The van der Waals surface area contributed by atoms with Gasteiger partial charge in [0.2, 0.25) is 0 Å². The van der Waals surface area contributed by atoms with Gasteiger partial charge in [-0.3, -0.25) is 4.98 Å². The topological polar surface area (TPSA) is 59.4 Å². The first-order valence-corrected chi connectivity index (χ1v) is 5.00. The van der Waals surface area contributed by atoms with Crippen molar-refractivity contribution in [3.63, 3.8) is 0 Å². The minimum atomic E-state index is -0.860. The van der Waals surface area contributed by atoms with Crippen molar-refractivity contribution in [1.82, 2.24) is 4.98 Å². The van der Waals surface area contributed by atoms with Gasteiger partial charge in [0, 0.05) is 12.4 Å². The molecule has 1 heterocycles. The maximum atomic E-state index is 10.9. The molecule has 1 fully saturated rings. The van der Waals surface area contributed by atoms with Crippen LogP contribution >= 0.6 is 0 Å². The predicted molar refractivity (Wildman–Crippen MR) is 53.2 cm³/mol. The van der Waals surface area contributed by atoms with Crippen LogP contribution in [0.5, 0.6) is 0 Å². The van der Waals surface area contributed by atoms with Crippen molar-refractivity contribution in [2.45, 2.75) is 25.6 Å². The van der Waals surface area contributed by atoms with Crippen molar-refractivity contribution in [2.75, 3.05) is 0 Å². The Kier molecular flexibility index (Phi) is 2.97. The molecule has 2 rings (SSSR count). The van der Waals surface area contributed by atoms with Crippen molar-refractivity contribution in [3.8, 4) is 0 Å². The molecule has 1 aromatic rings. The third kappa shape index (κ3) is 2.76. The van der Waals surface area contributed by atoms with Crippen molar-refractivity contribution < 1.29 is 14.6 Å². The van der Waals surface area contributed by atoms with E-state index in [0.29, 0.717) is 6.61 Å². The normalized spacial score (nSPS) is 17.3. The Bertz CT molecular complexity index is 335. The summed E-state index contributed by atoms with van der Waals surface area (Å²) in [4.78, 5) is 14.8. The number of hydrogen-bond donors (Lipinski definition) is 1. The highest BCUT2D eigenvalue weighted by Gasteiger charge is 2.37. The number of hydrogen-bond acceptors (Lipinski definition) is 3. The zero-order chi connectivity index (χ0) is 10.7. The van der Waals surface area contributed by atoms with Gasteiger partial charge in [-0.1, -0.05) is 6.07 Å². The Morgan fingerprint density at radius 2 is 2.47 bits per heavy atom. The number of ether oxygens (including phenoxy) is 1. The fourth-order valence-corrected chi connectivity index (χ4v) is 1.48. The number of aromatic nitrogens is 1. The van der Waals surface area contributed by atoms with E-state index in [0.717, 1.165) is 18.4 Å². The Morgan fingerprint density at radius 1 is 1.67 bits per heavy atom. The lowest BCUT2D eigenvalue weighted by atomic mass is 10.2. The summed E-state index contributed by atoms with van der Waals surface area (Å²) in [6, 6.07) is 3.68. The molecule has 1 aliphatic carbocycles. The highest BCUT2D eigenvalue weighted by Crippen LogP contribution is 2.34. The van der Waals surface area contributed by atoms with Gasteiger partial charge < -0.3 is 9.84 Å². The van der Waals surface area contributed by atoms with Crippen LogP contribution in [-0.4, -0.2) is 22.2 Å². The van der Waals surface area contributed by atoms with E-state index in [1.807, 2.05) is 12.1 Å². The van der Waals surface area contributed by atoms with Crippen molar-refractivity contribution in [3.05, 3.63) is 30.1 Å². The third-order valence-corrected chi connectivity index (χ3v) is 2.45. The molecule has 0 radical (unpaired) electrons. The second kappa shape index (κ2) is 4.40. The number of rotatable bonds is 5. The van der Waals surface area contributed by atoms with E-state index in [1.54, 1.807) is 12.4 Å². The highest BCUT2D eigenvalue weighted by molar-refractivity contribution is 5.73. The number of nitrogens with zero attached hydrogens (tertiary/aromatic N) is 1. The van der Waals surface area contributed by atoms with Crippen LogP contribution in [0.2, 0.25) is 0 Å². The molecule has 0 amide bonds. The second-order valence-corrected chi connectivity index (χ2v) is 3.77. The van der Waals surface area contributed by atoms with Crippen molar-refractivity contribution in [1.29, 1.82) is 0 Å². The second-order valence-electron chi connectivity index (χ2n) is 3.77. The highest BCUT2D eigenvalue weighted by atomic mass is 16.5. The molecule has 0 aromatic carbocycles. The van der Waals surface area contributed by atoms with Gasteiger partial charge in [-0.25, -0.2) is 4.79 Å². The molecule has 1 aliphatic rings. The summed E-state index contributed by atoms with van der Waals surface area (Å²) in [6.07, 6.45) is 4.64. The molecule has 0 spiro atoms. The molecule has 4 heteroatoms. The van der Waals surface area contributed by atoms with Crippen LogP contribution in [0, 0.1) is 5.92 Å². The lowest BCUT2D eigenvalue weighted by molar-refractivity contribution is -0.152. The molecule has 15 heavy (non-hydrogen) atoms. The Hall–Kier alpha value is -1.42. The zero-order valence-corrected chi connectivity index (χ0v) is 8.30. The van der Waals surface area contributed by atoms with Gasteiger partial charge in [-0.2, -0.15) is 0 Å². The van der Waals surface area contributed by atoms with Crippen LogP contribution in [-0.2, 0) is 16.1 Å². The fourth-order valence-electron chi connectivity index (χ4n) is 1.48. The lowest BCUT2D eigenvalue weighted by Gasteiger charge is -2.12. The first-order valence-electron chi connectivity index (χ1n) is 5.00. The Morgan fingerprint density at radius 3 is 3.00 bits per heavy atom. The molecular formula is C11H13NO3. The lowest BCUT2D eigenvalue weighted by Crippen LogP contribution is -2.25. The van der Waals surface area contributed by atoms with Crippen LogP contribution in [0.15, 0.2) is 24.5 Å². The molecular weight excluding hydrogens is 194 g/mol. The van der Waals surface area contributed by atoms with E-state index >= 15 is 0 Å². The maximum absolute atomic E-state index is 10.9. The van der Waals surface area contributed by atoms with Crippen molar-refractivity contribution in [2.24, 2.45) is 5.92 Å². The molecule has 4 nitrogen and oxygen atoms in total. The number of aliphatic carboxylic acids is 1. The first kappa shape index (κ1) is 10.1. The Balaban J connectivity index is 1.88. The fraction of sp³-hybridized carbons (Fsp3) is 0.455. The zero-order valence-electron chi connectivity index (χ0n) is 8.30. The SMILES string of the molecule is O=C(O)C(OCc1cccnc1)C1CC1. The van der Waals surface area contributed by atoms with Gasteiger partial charge in [0.25, 0.3) is 0 Å². The minimum absolute atomic E-state index is 0.208. The standard InChI is InChI=1S/C11H13NO3/c13-11(14)10(9-3-4-9)15-7-8-2-1-5-12-6-8/h1-2,5-6,9-10H,3-4,7H2,(H,13,14). The van der Waals surface area contributed by atoms with E-state index in [-0.39, 0.29) is 5.92 Å². The summed E-state index contributed by atoms with van der Waals surface area (Å²) in [5.41, 5.74) is 0.907. The number of pyridine rings is 1. The van der Waals surface area contributed by atoms with Gasteiger partial charge >= 0.3 is 5.97 Å². The van der Waals surface area contributed by atoms with E-state index in [2.05, 4.69) is 4.98 Å². The van der Waals surface area contributed by atoms with Gasteiger partial charge in [0.1, 0.15) is 0 Å². The molecule has 0 bridgehead atoms. The van der Waals surface area contributed by atoms with E-state index < -0.39 is 12.1 Å². The Labute approximate surface area is 87.9 Å². The van der Waals surface area contributed by atoms with Gasteiger partial charge in [-0.05, 0) is 30.4 Å². The summed E-state index contributed by atoms with van der Waals surface area (Å²) in [7, 11) is 0. The molecule has 1 atom stereocenters. The van der Waals surface area contributed by atoms with Crippen LogP contribution in [0.25, 0.3) is 0 Å². The summed E-state index contributed by atoms with van der Waals surface area (Å²) in [5, 5.41) is 8.92. The molecule has 1 N–H and O–H groups in total. The summed E-state index contributed by atoms with van der Waals surface area (Å²) in [6.45, 7) is 0.321. The van der Waals surface area contributed by atoms with Crippen LogP contribution in [0.4, 0.5) is 0 Å². The molecule has 1 unspecified atom stereocenters. The molecule has 0 aliphatic heterocycles. The molecule has 1 saturated carbocycles. The van der Waals surface area contributed by atoms with Crippen LogP contribution < -0.4 is 0 Å². The van der Waals surface area contributed by atoms with Gasteiger partial charge in [0.05, 0.1) is 6.61 Å².